The molecule has 116 valence electrons. The zero-order chi connectivity index (χ0) is 15.0. The number of allylic oxidation sites excluding steroid dienone is 2. The second kappa shape index (κ2) is 5.47. The lowest BCUT2D eigenvalue weighted by Gasteiger charge is -2.51. The predicted octanol–water partition coefficient (Wildman–Crippen LogP) is 3.17. The monoisotopic (exact) mass is 292 g/mol. The van der Waals surface area contributed by atoms with Gasteiger partial charge in [-0.2, -0.15) is 0 Å². The minimum Gasteiger partial charge on any atom is -0.481 e. The van der Waals surface area contributed by atoms with E-state index in [9.17, 15) is 9.59 Å². The molecular formula is C17H24O4. The summed E-state index contributed by atoms with van der Waals surface area (Å²) < 4.78 is 5.82. The molecule has 0 aliphatic heterocycles. The van der Waals surface area contributed by atoms with Crippen molar-refractivity contribution in [2.24, 2.45) is 23.7 Å². The first-order chi connectivity index (χ1) is 10.0. The Balaban J connectivity index is 1.82. The molecule has 1 N–H and O–H groups in total. The third kappa shape index (κ3) is 2.60. The first kappa shape index (κ1) is 14.6. The summed E-state index contributed by atoms with van der Waals surface area (Å²) in [6, 6.07) is 0. The molecule has 0 heterocycles. The summed E-state index contributed by atoms with van der Waals surface area (Å²) in [5.74, 6) is 0.288. The Kier molecular flexibility index (Phi) is 3.80. The molecule has 4 nitrogen and oxygen atoms in total. The van der Waals surface area contributed by atoms with E-state index in [-0.39, 0.29) is 0 Å². The maximum atomic E-state index is 11.9. The van der Waals surface area contributed by atoms with Crippen LogP contribution in [0.3, 0.4) is 0 Å². The van der Waals surface area contributed by atoms with Crippen molar-refractivity contribution in [3.8, 4) is 0 Å². The molecule has 4 heteroatoms. The van der Waals surface area contributed by atoms with Gasteiger partial charge in [-0.1, -0.05) is 19.1 Å². The van der Waals surface area contributed by atoms with Gasteiger partial charge >= 0.3 is 11.9 Å². The molecule has 4 unspecified atom stereocenters. The molecule has 0 aromatic rings. The standard InChI is InChI=1S/C17H24O4/c1-11-12-4-6-13(7-5-12)16(11)17(8-2-3-9-17)21-15(20)10-14(18)19/h4,6,11-13,16H,2-3,5,7-10H2,1H3,(H,18,19). The van der Waals surface area contributed by atoms with Crippen molar-refractivity contribution >= 4 is 11.9 Å². The highest BCUT2D eigenvalue weighted by atomic mass is 16.6. The summed E-state index contributed by atoms with van der Waals surface area (Å²) in [4.78, 5) is 22.7. The van der Waals surface area contributed by atoms with Crippen LogP contribution in [0.1, 0.15) is 51.9 Å². The summed E-state index contributed by atoms with van der Waals surface area (Å²) in [5, 5.41) is 8.80. The maximum Gasteiger partial charge on any atom is 0.317 e. The van der Waals surface area contributed by atoms with Gasteiger partial charge in [-0.15, -0.1) is 0 Å². The van der Waals surface area contributed by atoms with Crippen LogP contribution in [-0.4, -0.2) is 22.6 Å². The molecule has 0 aromatic carbocycles. The van der Waals surface area contributed by atoms with Gasteiger partial charge in [-0.3, -0.25) is 9.59 Å². The third-order valence-corrected chi connectivity index (χ3v) is 5.81. The number of carbonyl (C=O) groups is 2. The van der Waals surface area contributed by atoms with E-state index in [2.05, 4.69) is 19.1 Å². The molecule has 2 saturated carbocycles. The van der Waals surface area contributed by atoms with Gasteiger partial charge in [0, 0.05) is 5.92 Å². The van der Waals surface area contributed by atoms with E-state index in [0.29, 0.717) is 23.7 Å². The Morgan fingerprint density at radius 1 is 1.19 bits per heavy atom. The summed E-state index contributed by atoms with van der Waals surface area (Å²) in [6.45, 7) is 2.27. The molecule has 4 rings (SSSR count). The van der Waals surface area contributed by atoms with Gasteiger partial charge < -0.3 is 9.84 Å². The molecule has 4 atom stereocenters. The summed E-state index contributed by atoms with van der Waals surface area (Å²) >= 11 is 0. The zero-order valence-electron chi connectivity index (χ0n) is 12.6. The van der Waals surface area contributed by atoms with Gasteiger partial charge in [-0.25, -0.2) is 0 Å². The SMILES string of the molecule is CC1C2C=CC(CC2)C1C1(OC(=O)CC(=O)O)CCCC1. The molecule has 0 spiro atoms. The van der Waals surface area contributed by atoms with Crippen molar-refractivity contribution in [1.29, 1.82) is 0 Å². The molecule has 4 aliphatic rings. The number of rotatable bonds is 4. The van der Waals surface area contributed by atoms with E-state index in [0.717, 1.165) is 25.7 Å². The number of esters is 1. The molecular weight excluding hydrogens is 268 g/mol. The number of carboxylic acid groups (broad SMARTS) is 1. The fourth-order valence-corrected chi connectivity index (χ4v) is 4.99. The van der Waals surface area contributed by atoms with Crippen LogP contribution in [0, 0.1) is 23.7 Å². The minimum atomic E-state index is -1.11. The van der Waals surface area contributed by atoms with E-state index in [1.165, 1.54) is 12.8 Å². The van der Waals surface area contributed by atoms with Gasteiger partial charge in [0.2, 0.25) is 0 Å². The maximum absolute atomic E-state index is 11.9. The van der Waals surface area contributed by atoms with Gasteiger partial charge in [-0.05, 0) is 56.3 Å². The molecule has 0 radical (unpaired) electrons. The number of hydrogen-bond donors (Lipinski definition) is 1. The second-order valence-electron chi connectivity index (χ2n) is 6.99. The van der Waals surface area contributed by atoms with Gasteiger partial charge in [0.15, 0.2) is 0 Å². The third-order valence-electron chi connectivity index (χ3n) is 5.81. The van der Waals surface area contributed by atoms with E-state index < -0.39 is 24.0 Å². The van der Waals surface area contributed by atoms with Crippen molar-refractivity contribution in [1.82, 2.24) is 0 Å². The lowest BCUT2D eigenvalue weighted by atomic mass is 9.57. The Morgan fingerprint density at radius 3 is 2.33 bits per heavy atom. The van der Waals surface area contributed by atoms with Crippen LogP contribution in [0.4, 0.5) is 0 Å². The molecule has 21 heavy (non-hydrogen) atoms. The lowest BCUT2D eigenvalue weighted by Crippen LogP contribution is -2.51. The Bertz CT molecular complexity index is 461. The van der Waals surface area contributed by atoms with Crippen LogP contribution in [0.2, 0.25) is 0 Å². The average molecular weight is 292 g/mol. The minimum absolute atomic E-state index is 0.362. The van der Waals surface area contributed by atoms with Crippen LogP contribution in [0.25, 0.3) is 0 Å². The molecule has 0 saturated heterocycles. The van der Waals surface area contributed by atoms with E-state index in [4.69, 9.17) is 9.84 Å². The van der Waals surface area contributed by atoms with Crippen LogP contribution < -0.4 is 0 Å². The first-order valence-electron chi connectivity index (χ1n) is 8.14. The number of carbonyl (C=O) groups excluding carboxylic acids is 1. The summed E-state index contributed by atoms with van der Waals surface area (Å²) in [5.41, 5.74) is -0.417. The van der Waals surface area contributed by atoms with Crippen molar-refractivity contribution in [2.45, 2.75) is 57.5 Å². The summed E-state index contributed by atoms with van der Waals surface area (Å²) in [7, 11) is 0. The smallest absolute Gasteiger partial charge is 0.317 e. The zero-order valence-corrected chi connectivity index (χ0v) is 12.6. The van der Waals surface area contributed by atoms with Crippen LogP contribution in [0.15, 0.2) is 12.2 Å². The number of ether oxygens (including phenoxy) is 1. The highest BCUT2D eigenvalue weighted by Crippen LogP contribution is 2.54. The number of fused-ring (bicyclic) bond motifs is 2. The molecule has 2 fully saturated rings. The van der Waals surface area contributed by atoms with Crippen molar-refractivity contribution in [3.05, 3.63) is 12.2 Å². The molecule has 2 bridgehead atoms. The van der Waals surface area contributed by atoms with Crippen LogP contribution in [-0.2, 0) is 14.3 Å². The largest absolute Gasteiger partial charge is 0.481 e. The van der Waals surface area contributed by atoms with E-state index in [1.807, 2.05) is 0 Å². The predicted molar refractivity (Wildman–Crippen MR) is 77.6 cm³/mol. The Labute approximate surface area is 125 Å². The van der Waals surface area contributed by atoms with E-state index >= 15 is 0 Å². The Morgan fingerprint density at radius 2 is 1.81 bits per heavy atom. The number of carboxylic acids is 1. The lowest BCUT2D eigenvalue weighted by molar-refractivity contribution is -0.176. The van der Waals surface area contributed by atoms with Gasteiger partial charge in [0.05, 0.1) is 0 Å². The first-order valence-corrected chi connectivity index (χ1v) is 8.14. The topological polar surface area (TPSA) is 63.6 Å². The normalized spacial score (nSPS) is 36.6. The summed E-state index contributed by atoms with van der Waals surface area (Å²) in [6.07, 6.45) is 10.5. The number of aliphatic carboxylic acids is 1. The van der Waals surface area contributed by atoms with Gasteiger partial charge in [0.25, 0.3) is 0 Å². The highest BCUT2D eigenvalue weighted by Gasteiger charge is 2.53. The highest BCUT2D eigenvalue weighted by molar-refractivity contribution is 5.90. The molecule has 4 aliphatic carbocycles. The number of hydrogen-bond acceptors (Lipinski definition) is 3. The second-order valence-corrected chi connectivity index (χ2v) is 6.99. The van der Waals surface area contributed by atoms with Crippen molar-refractivity contribution in [3.63, 3.8) is 0 Å². The van der Waals surface area contributed by atoms with Crippen molar-refractivity contribution in [2.75, 3.05) is 0 Å². The van der Waals surface area contributed by atoms with Crippen molar-refractivity contribution < 1.29 is 19.4 Å². The average Bonchev–Trinajstić information content (AvgIpc) is 2.88. The van der Waals surface area contributed by atoms with Crippen LogP contribution >= 0.6 is 0 Å². The fraction of sp³-hybridized carbons (Fsp3) is 0.765. The molecule has 0 amide bonds. The fourth-order valence-electron chi connectivity index (χ4n) is 4.99. The van der Waals surface area contributed by atoms with E-state index in [1.54, 1.807) is 0 Å². The quantitative estimate of drug-likeness (QED) is 0.491. The molecule has 0 aromatic heterocycles. The van der Waals surface area contributed by atoms with Gasteiger partial charge in [0.1, 0.15) is 12.0 Å². The van der Waals surface area contributed by atoms with Crippen LogP contribution in [0.5, 0.6) is 0 Å². The Hall–Kier alpha value is -1.32.